The monoisotopic (exact) mass is 353 g/mol. The molecule has 1 aliphatic heterocycles. The van der Waals surface area contributed by atoms with Crippen LogP contribution >= 0.6 is 0 Å². The molecule has 0 spiro atoms. The van der Waals surface area contributed by atoms with E-state index in [2.05, 4.69) is 22.4 Å². The summed E-state index contributed by atoms with van der Waals surface area (Å²) in [4.78, 5) is 18.2. The summed E-state index contributed by atoms with van der Waals surface area (Å²) in [6.07, 6.45) is 5.82. The normalized spacial score (nSPS) is 14.9. The van der Waals surface area contributed by atoms with Gasteiger partial charge in [0, 0.05) is 38.8 Å². The molecule has 2 heterocycles. The van der Waals surface area contributed by atoms with Crippen molar-refractivity contribution in [1.29, 1.82) is 0 Å². The summed E-state index contributed by atoms with van der Waals surface area (Å²) in [5.41, 5.74) is 2.12. The van der Waals surface area contributed by atoms with Gasteiger partial charge >= 0.3 is 0 Å². The second kappa shape index (κ2) is 9.92. The highest BCUT2D eigenvalue weighted by Crippen LogP contribution is 2.14. The molecule has 1 aliphatic rings. The Bertz CT molecular complexity index is 673. The lowest BCUT2D eigenvalue weighted by Crippen LogP contribution is -2.36. The summed E-state index contributed by atoms with van der Waals surface area (Å²) in [5.74, 6) is 1.15. The minimum Gasteiger partial charge on any atom is -0.487 e. The smallest absolute Gasteiger partial charge is 0.222 e. The number of nitrogens with zero attached hydrogens (tertiary/aromatic N) is 2. The van der Waals surface area contributed by atoms with Crippen LogP contribution < -0.4 is 10.1 Å². The highest BCUT2D eigenvalue weighted by molar-refractivity contribution is 5.76. The van der Waals surface area contributed by atoms with Gasteiger partial charge in [0.1, 0.15) is 12.4 Å². The summed E-state index contributed by atoms with van der Waals surface area (Å²) in [6, 6.07) is 13.9. The van der Waals surface area contributed by atoms with E-state index in [1.54, 1.807) is 6.20 Å². The third-order valence-corrected chi connectivity index (χ3v) is 4.60. The Hall–Kier alpha value is -2.40. The lowest BCUT2D eigenvalue weighted by atomic mass is 10.2. The van der Waals surface area contributed by atoms with Crippen LogP contribution in [0.3, 0.4) is 0 Å². The van der Waals surface area contributed by atoms with Crippen LogP contribution in [0.2, 0.25) is 0 Å². The molecule has 0 atom stereocenters. The van der Waals surface area contributed by atoms with Crippen LogP contribution in [-0.4, -0.2) is 35.4 Å². The van der Waals surface area contributed by atoms with Crippen LogP contribution in [-0.2, 0) is 17.9 Å². The number of amides is 1. The van der Waals surface area contributed by atoms with Gasteiger partial charge in [-0.2, -0.15) is 0 Å². The number of hydrogen-bond donors (Lipinski definition) is 1. The number of carbonyl (C=O) groups excluding carboxylic acids is 1. The molecule has 2 aromatic rings. The van der Waals surface area contributed by atoms with Crippen molar-refractivity contribution in [2.75, 3.05) is 19.6 Å². The van der Waals surface area contributed by atoms with Gasteiger partial charge < -0.3 is 15.0 Å². The van der Waals surface area contributed by atoms with Gasteiger partial charge in [-0.15, -0.1) is 0 Å². The summed E-state index contributed by atoms with van der Waals surface area (Å²) in [6.45, 7) is 3.79. The molecular weight excluding hydrogens is 326 g/mol. The summed E-state index contributed by atoms with van der Waals surface area (Å²) in [5, 5.41) is 3.42. The first-order valence-electron chi connectivity index (χ1n) is 9.41. The molecular formula is C21H27N3O2. The molecule has 1 aromatic heterocycles. The van der Waals surface area contributed by atoms with Gasteiger partial charge in [0.25, 0.3) is 0 Å². The predicted octanol–water partition coefficient (Wildman–Crippen LogP) is 3.15. The van der Waals surface area contributed by atoms with Gasteiger partial charge in [-0.3, -0.25) is 9.78 Å². The van der Waals surface area contributed by atoms with Gasteiger partial charge in [-0.25, -0.2) is 0 Å². The molecule has 0 bridgehead atoms. The Kier molecular flexibility index (Phi) is 7.02. The second-order valence-electron chi connectivity index (χ2n) is 6.62. The highest BCUT2D eigenvalue weighted by Gasteiger charge is 2.15. The maximum Gasteiger partial charge on any atom is 0.222 e. The SMILES string of the molecule is O=C1CCCCCN1CCNCc1ccc(OCc2ccccn2)cc1. The van der Waals surface area contributed by atoms with Gasteiger partial charge in [-0.05, 0) is 42.7 Å². The maximum absolute atomic E-state index is 12.0. The second-order valence-corrected chi connectivity index (χ2v) is 6.62. The van der Waals surface area contributed by atoms with Gasteiger partial charge in [0.15, 0.2) is 0 Å². The topological polar surface area (TPSA) is 54.5 Å². The highest BCUT2D eigenvalue weighted by atomic mass is 16.5. The fourth-order valence-electron chi connectivity index (χ4n) is 3.07. The quantitative estimate of drug-likeness (QED) is 0.741. The number of nitrogens with one attached hydrogen (secondary N) is 1. The fraction of sp³-hybridized carbons (Fsp3) is 0.429. The number of carbonyl (C=O) groups is 1. The molecule has 0 saturated carbocycles. The molecule has 5 nitrogen and oxygen atoms in total. The van der Waals surface area contributed by atoms with E-state index in [0.717, 1.165) is 50.5 Å². The first-order chi connectivity index (χ1) is 12.8. The minimum atomic E-state index is 0.304. The zero-order chi connectivity index (χ0) is 18.0. The van der Waals surface area contributed by atoms with Crippen LogP contribution in [0.1, 0.15) is 36.9 Å². The number of pyridine rings is 1. The number of likely N-dealkylation sites (tertiary alicyclic amines) is 1. The van der Waals surface area contributed by atoms with Gasteiger partial charge in [0.2, 0.25) is 5.91 Å². The average Bonchev–Trinajstić information content (AvgIpc) is 2.89. The number of rotatable bonds is 8. The predicted molar refractivity (Wildman–Crippen MR) is 102 cm³/mol. The molecule has 0 radical (unpaired) electrons. The molecule has 26 heavy (non-hydrogen) atoms. The van der Waals surface area contributed by atoms with E-state index in [1.165, 1.54) is 12.0 Å². The molecule has 1 fully saturated rings. The van der Waals surface area contributed by atoms with Crippen molar-refractivity contribution in [3.63, 3.8) is 0 Å². The zero-order valence-corrected chi connectivity index (χ0v) is 15.2. The molecule has 0 unspecified atom stereocenters. The van der Waals surface area contributed by atoms with E-state index in [-0.39, 0.29) is 0 Å². The van der Waals surface area contributed by atoms with Gasteiger partial charge in [0.05, 0.1) is 5.69 Å². The van der Waals surface area contributed by atoms with Crippen LogP contribution in [0.4, 0.5) is 0 Å². The lowest BCUT2D eigenvalue weighted by Gasteiger charge is -2.20. The molecule has 1 saturated heterocycles. The summed E-state index contributed by atoms with van der Waals surface area (Å²) < 4.78 is 5.75. The van der Waals surface area contributed by atoms with Crippen molar-refractivity contribution in [2.45, 2.75) is 38.8 Å². The number of benzene rings is 1. The molecule has 0 aliphatic carbocycles. The third kappa shape index (κ3) is 5.85. The first kappa shape index (κ1) is 18.4. The van der Waals surface area contributed by atoms with Crippen molar-refractivity contribution < 1.29 is 9.53 Å². The standard InChI is InChI=1S/C21H27N3O2/c25-21-7-2-1-5-14-24(21)15-13-22-16-18-8-10-20(11-9-18)26-17-19-6-3-4-12-23-19/h3-4,6,8-12,22H,1-2,5,7,13-17H2. The first-order valence-corrected chi connectivity index (χ1v) is 9.41. The number of ether oxygens (including phenoxy) is 1. The molecule has 1 aromatic carbocycles. The largest absolute Gasteiger partial charge is 0.487 e. The van der Waals surface area contributed by atoms with Crippen molar-refractivity contribution in [3.05, 3.63) is 59.9 Å². The van der Waals surface area contributed by atoms with Crippen LogP contribution in [0.5, 0.6) is 5.75 Å². The zero-order valence-electron chi connectivity index (χ0n) is 15.2. The van der Waals surface area contributed by atoms with Gasteiger partial charge in [-0.1, -0.05) is 24.6 Å². The van der Waals surface area contributed by atoms with Crippen LogP contribution in [0, 0.1) is 0 Å². The van der Waals surface area contributed by atoms with Crippen molar-refractivity contribution in [1.82, 2.24) is 15.2 Å². The third-order valence-electron chi connectivity index (χ3n) is 4.60. The molecule has 5 heteroatoms. The lowest BCUT2D eigenvalue weighted by molar-refractivity contribution is -0.130. The van der Waals surface area contributed by atoms with Crippen molar-refractivity contribution in [2.24, 2.45) is 0 Å². The van der Waals surface area contributed by atoms with Crippen molar-refractivity contribution in [3.8, 4) is 5.75 Å². The Morgan fingerprint density at radius 1 is 1.08 bits per heavy atom. The average molecular weight is 353 g/mol. The molecule has 3 rings (SSSR count). The Balaban J connectivity index is 1.37. The molecule has 138 valence electrons. The van der Waals surface area contributed by atoms with E-state index >= 15 is 0 Å². The summed E-state index contributed by atoms with van der Waals surface area (Å²) >= 11 is 0. The Morgan fingerprint density at radius 2 is 1.96 bits per heavy atom. The van der Waals surface area contributed by atoms with Crippen LogP contribution in [0.15, 0.2) is 48.7 Å². The molecule has 1 amide bonds. The Labute approximate surface area is 155 Å². The number of aromatic nitrogens is 1. The Morgan fingerprint density at radius 3 is 2.77 bits per heavy atom. The van der Waals surface area contributed by atoms with E-state index < -0.39 is 0 Å². The fourth-order valence-corrected chi connectivity index (χ4v) is 3.07. The minimum absolute atomic E-state index is 0.304. The summed E-state index contributed by atoms with van der Waals surface area (Å²) in [7, 11) is 0. The van der Waals surface area contributed by atoms with E-state index in [0.29, 0.717) is 18.9 Å². The van der Waals surface area contributed by atoms with Crippen LogP contribution in [0.25, 0.3) is 0 Å². The van der Waals surface area contributed by atoms with E-state index in [1.807, 2.05) is 35.2 Å². The maximum atomic E-state index is 12.0. The van der Waals surface area contributed by atoms with E-state index in [4.69, 9.17) is 4.74 Å². The number of hydrogen-bond acceptors (Lipinski definition) is 4. The van der Waals surface area contributed by atoms with E-state index in [9.17, 15) is 4.79 Å². The molecule has 1 N–H and O–H groups in total. The van der Waals surface area contributed by atoms with Crippen molar-refractivity contribution >= 4 is 5.91 Å².